The first kappa shape index (κ1) is 13.9. The average Bonchev–Trinajstić information content (AvgIpc) is 2.40. The van der Waals surface area contributed by atoms with Crippen LogP contribution in [0.25, 0.3) is 0 Å². The Morgan fingerprint density at radius 3 is 2.32 bits per heavy atom. The van der Waals surface area contributed by atoms with Crippen molar-refractivity contribution in [2.24, 2.45) is 0 Å². The number of anilines is 1. The molecule has 1 atom stereocenters. The summed E-state index contributed by atoms with van der Waals surface area (Å²) in [6.45, 7) is 0. The molecule has 0 spiro atoms. The first-order chi connectivity index (χ1) is 9.13. The van der Waals surface area contributed by atoms with E-state index in [0.29, 0.717) is 0 Å². The van der Waals surface area contributed by atoms with E-state index in [1.807, 2.05) is 39.3 Å². The van der Waals surface area contributed by atoms with Crippen molar-refractivity contribution in [1.82, 2.24) is 5.32 Å². The molecule has 100 valence electrons. The molecule has 0 fully saturated rings. The molecule has 0 unspecified atom stereocenters. The largest absolute Gasteiger partial charge is 0.377 e. The highest BCUT2D eigenvalue weighted by molar-refractivity contribution is 6.30. The Kier molecular flexibility index (Phi) is 4.46. The normalized spacial score (nSPS) is 12.2. The van der Waals surface area contributed by atoms with Crippen molar-refractivity contribution in [3.05, 3.63) is 64.7 Å². The summed E-state index contributed by atoms with van der Waals surface area (Å²) in [5.41, 5.74) is 3.59. The third-order valence-corrected chi connectivity index (χ3v) is 3.44. The number of hydrogen-bond acceptors (Lipinski definition) is 2. The smallest absolute Gasteiger partial charge is 0.0595 e. The van der Waals surface area contributed by atoms with Gasteiger partial charge in [0.2, 0.25) is 0 Å². The van der Waals surface area contributed by atoms with Crippen molar-refractivity contribution in [3.8, 4) is 0 Å². The van der Waals surface area contributed by atoms with E-state index in [0.717, 1.165) is 5.02 Å². The number of benzene rings is 2. The van der Waals surface area contributed by atoms with Crippen LogP contribution in [0.2, 0.25) is 5.02 Å². The second-order valence-corrected chi connectivity index (χ2v) is 5.17. The molecule has 1 N–H and O–H groups in total. The van der Waals surface area contributed by atoms with Crippen molar-refractivity contribution in [2.45, 2.75) is 6.04 Å². The lowest BCUT2D eigenvalue weighted by molar-refractivity contribution is 0.690. The van der Waals surface area contributed by atoms with Crippen molar-refractivity contribution < 1.29 is 0 Å². The summed E-state index contributed by atoms with van der Waals surface area (Å²) < 4.78 is 0. The van der Waals surface area contributed by atoms with E-state index in [4.69, 9.17) is 11.6 Å². The quantitative estimate of drug-likeness (QED) is 0.914. The summed E-state index contributed by atoms with van der Waals surface area (Å²) in [4.78, 5) is 2.11. The van der Waals surface area contributed by atoms with Gasteiger partial charge in [-0.3, -0.25) is 0 Å². The van der Waals surface area contributed by atoms with Crippen LogP contribution in [0.15, 0.2) is 48.5 Å². The zero-order valence-corrected chi connectivity index (χ0v) is 12.3. The molecular formula is C16H19ClN2. The fourth-order valence-electron chi connectivity index (χ4n) is 2.31. The van der Waals surface area contributed by atoms with Crippen molar-refractivity contribution in [3.63, 3.8) is 0 Å². The molecule has 0 bridgehead atoms. The molecule has 0 amide bonds. The molecule has 3 heteroatoms. The van der Waals surface area contributed by atoms with Gasteiger partial charge in [0.1, 0.15) is 0 Å². The van der Waals surface area contributed by atoms with Crippen LogP contribution in [0, 0.1) is 0 Å². The van der Waals surface area contributed by atoms with Gasteiger partial charge in [-0.1, -0.05) is 41.9 Å². The van der Waals surface area contributed by atoms with Crippen LogP contribution >= 0.6 is 11.6 Å². The highest BCUT2D eigenvalue weighted by Crippen LogP contribution is 2.31. The fraction of sp³-hybridized carbons (Fsp3) is 0.250. The molecule has 19 heavy (non-hydrogen) atoms. The molecule has 2 aromatic carbocycles. The van der Waals surface area contributed by atoms with Gasteiger partial charge in [0, 0.05) is 24.8 Å². The maximum atomic E-state index is 6.16. The first-order valence-electron chi connectivity index (χ1n) is 6.32. The summed E-state index contributed by atoms with van der Waals surface area (Å²) >= 11 is 6.16. The summed E-state index contributed by atoms with van der Waals surface area (Å²) in [5, 5.41) is 4.13. The predicted molar refractivity (Wildman–Crippen MR) is 83.1 cm³/mol. The lowest BCUT2D eigenvalue weighted by Gasteiger charge is -2.24. The summed E-state index contributed by atoms with van der Waals surface area (Å²) in [7, 11) is 6.06. The van der Waals surface area contributed by atoms with Crippen LogP contribution in [-0.2, 0) is 0 Å². The van der Waals surface area contributed by atoms with Crippen LogP contribution in [-0.4, -0.2) is 21.1 Å². The van der Waals surface area contributed by atoms with Crippen molar-refractivity contribution >= 4 is 17.3 Å². The predicted octanol–water partition coefficient (Wildman–Crippen LogP) is 3.71. The second kappa shape index (κ2) is 6.09. The fourth-order valence-corrected chi connectivity index (χ4v) is 2.49. The Labute approximate surface area is 120 Å². The van der Waals surface area contributed by atoms with Gasteiger partial charge in [-0.2, -0.15) is 0 Å². The van der Waals surface area contributed by atoms with Gasteiger partial charge in [-0.25, -0.2) is 0 Å². The van der Waals surface area contributed by atoms with Gasteiger partial charge in [0.05, 0.1) is 6.04 Å². The zero-order valence-electron chi connectivity index (χ0n) is 11.5. The monoisotopic (exact) mass is 274 g/mol. The lowest BCUT2D eigenvalue weighted by atomic mass is 9.97. The van der Waals surface area contributed by atoms with Crippen LogP contribution in [0.3, 0.4) is 0 Å². The molecule has 0 saturated heterocycles. The number of nitrogens with one attached hydrogen (secondary N) is 1. The highest BCUT2D eigenvalue weighted by atomic mass is 35.5. The van der Waals surface area contributed by atoms with E-state index < -0.39 is 0 Å². The SMILES string of the molecule is CN[C@@H](c1ccccc1)c1cc(Cl)ccc1N(C)C. The molecule has 2 nitrogen and oxygen atoms in total. The van der Waals surface area contributed by atoms with Gasteiger partial charge >= 0.3 is 0 Å². The van der Waals surface area contributed by atoms with Crippen molar-refractivity contribution in [1.29, 1.82) is 0 Å². The van der Waals surface area contributed by atoms with E-state index in [1.54, 1.807) is 0 Å². The molecular weight excluding hydrogens is 256 g/mol. The molecule has 0 aliphatic carbocycles. The minimum absolute atomic E-state index is 0.136. The lowest BCUT2D eigenvalue weighted by Crippen LogP contribution is -2.21. The Morgan fingerprint density at radius 2 is 1.74 bits per heavy atom. The maximum Gasteiger partial charge on any atom is 0.0595 e. The topological polar surface area (TPSA) is 15.3 Å². The van der Waals surface area contributed by atoms with E-state index in [2.05, 4.69) is 40.5 Å². The molecule has 2 rings (SSSR count). The Hall–Kier alpha value is -1.51. The van der Waals surface area contributed by atoms with Crippen LogP contribution in [0.1, 0.15) is 17.2 Å². The van der Waals surface area contributed by atoms with Gasteiger partial charge in [-0.15, -0.1) is 0 Å². The number of hydrogen-bond donors (Lipinski definition) is 1. The number of nitrogens with zero attached hydrogens (tertiary/aromatic N) is 1. The maximum absolute atomic E-state index is 6.16. The van der Waals surface area contributed by atoms with E-state index in [9.17, 15) is 0 Å². The summed E-state index contributed by atoms with van der Waals surface area (Å²) in [6, 6.07) is 16.6. The minimum Gasteiger partial charge on any atom is -0.377 e. The highest BCUT2D eigenvalue weighted by Gasteiger charge is 2.17. The summed E-state index contributed by atoms with van der Waals surface area (Å²) in [6.07, 6.45) is 0. The standard InChI is InChI=1S/C16H19ClN2/c1-18-16(12-7-5-4-6-8-12)14-11-13(17)9-10-15(14)19(2)3/h4-11,16,18H,1-3H3/t16-/m0/s1. The Bertz CT molecular complexity index is 538. The zero-order chi connectivity index (χ0) is 13.8. The number of rotatable bonds is 4. The van der Waals surface area contributed by atoms with Crippen LogP contribution in [0.5, 0.6) is 0 Å². The third kappa shape index (κ3) is 3.09. The minimum atomic E-state index is 0.136. The van der Waals surface area contributed by atoms with Crippen LogP contribution < -0.4 is 10.2 Å². The third-order valence-electron chi connectivity index (χ3n) is 3.20. The van der Waals surface area contributed by atoms with Crippen LogP contribution in [0.4, 0.5) is 5.69 Å². The molecule has 2 aromatic rings. The number of halogens is 1. The van der Waals surface area contributed by atoms with Crippen molar-refractivity contribution in [2.75, 3.05) is 26.0 Å². The van der Waals surface area contributed by atoms with E-state index in [-0.39, 0.29) is 6.04 Å². The Morgan fingerprint density at radius 1 is 1.05 bits per heavy atom. The molecule has 0 radical (unpaired) electrons. The first-order valence-corrected chi connectivity index (χ1v) is 6.70. The van der Waals surface area contributed by atoms with Gasteiger partial charge in [0.25, 0.3) is 0 Å². The molecule has 0 aromatic heterocycles. The molecule has 0 aliphatic heterocycles. The van der Waals surface area contributed by atoms with E-state index >= 15 is 0 Å². The molecule has 0 saturated carbocycles. The van der Waals surface area contributed by atoms with Gasteiger partial charge in [0.15, 0.2) is 0 Å². The molecule has 0 heterocycles. The Balaban J connectivity index is 2.52. The average molecular weight is 275 g/mol. The summed E-state index contributed by atoms with van der Waals surface area (Å²) in [5.74, 6) is 0. The molecule has 0 aliphatic rings. The van der Waals surface area contributed by atoms with E-state index in [1.165, 1.54) is 16.8 Å². The second-order valence-electron chi connectivity index (χ2n) is 4.73. The van der Waals surface area contributed by atoms with Gasteiger partial charge in [-0.05, 0) is 36.4 Å². The van der Waals surface area contributed by atoms with Gasteiger partial charge < -0.3 is 10.2 Å².